The summed E-state index contributed by atoms with van der Waals surface area (Å²) >= 11 is 1.42. The van der Waals surface area contributed by atoms with Crippen LogP contribution < -0.4 is 10.1 Å². The number of nitrogens with zero attached hydrogens (tertiary/aromatic N) is 2. The maximum absolute atomic E-state index is 12.7. The molecule has 1 aliphatic heterocycles. The lowest BCUT2D eigenvalue weighted by molar-refractivity contribution is -0.114. The molecule has 0 saturated heterocycles. The molecular weight excluding hydrogens is 314 g/mol. The van der Waals surface area contributed by atoms with Gasteiger partial charge in [0.05, 0.1) is 24.9 Å². The first-order valence-corrected chi connectivity index (χ1v) is 8.08. The van der Waals surface area contributed by atoms with Gasteiger partial charge in [0, 0.05) is 24.8 Å². The molecule has 0 fully saturated rings. The van der Waals surface area contributed by atoms with Gasteiger partial charge in [-0.25, -0.2) is 4.98 Å². The van der Waals surface area contributed by atoms with Gasteiger partial charge in [-0.05, 0) is 12.1 Å². The number of anilines is 1. The van der Waals surface area contributed by atoms with Crippen molar-refractivity contribution in [1.29, 1.82) is 0 Å². The molecule has 6 nitrogen and oxygen atoms in total. The average Bonchev–Trinajstić information content (AvgIpc) is 2.94. The zero-order valence-electron chi connectivity index (χ0n) is 13.0. The topological polar surface area (TPSA) is 71.5 Å². The molecule has 0 unspecified atom stereocenters. The minimum atomic E-state index is -0.141. The van der Waals surface area contributed by atoms with Crippen molar-refractivity contribution in [3.63, 3.8) is 0 Å². The molecule has 0 bridgehead atoms. The molecule has 0 saturated carbocycles. The number of ether oxygens (including phenoxy) is 1. The highest BCUT2D eigenvalue weighted by atomic mass is 32.1. The number of carbonyl (C=O) groups is 2. The van der Waals surface area contributed by atoms with Crippen molar-refractivity contribution < 1.29 is 14.3 Å². The third kappa shape index (κ3) is 3.19. The fraction of sp³-hybridized carbons (Fsp3) is 0.312. The zero-order valence-corrected chi connectivity index (χ0v) is 13.8. The Kier molecular flexibility index (Phi) is 4.29. The van der Waals surface area contributed by atoms with Gasteiger partial charge in [-0.1, -0.05) is 23.5 Å². The molecule has 0 radical (unpaired) electrons. The van der Waals surface area contributed by atoms with Crippen molar-refractivity contribution in [2.24, 2.45) is 0 Å². The number of amides is 2. The second kappa shape index (κ2) is 6.37. The summed E-state index contributed by atoms with van der Waals surface area (Å²) in [5, 5.41) is 3.29. The summed E-state index contributed by atoms with van der Waals surface area (Å²) in [6.07, 6.45) is 0.687. The van der Waals surface area contributed by atoms with E-state index in [1.54, 1.807) is 24.1 Å². The van der Waals surface area contributed by atoms with Gasteiger partial charge in [0.25, 0.3) is 5.91 Å². The third-order valence-electron chi connectivity index (χ3n) is 3.64. The fourth-order valence-corrected chi connectivity index (χ4v) is 3.63. The van der Waals surface area contributed by atoms with E-state index in [4.69, 9.17) is 4.74 Å². The number of carbonyl (C=O) groups excluding carboxylic acids is 2. The first kappa shape index (κ1) is 15.5. The Labute approximate surface area is 138 Å². The van der Waals surface area contributed by atoms with Crippen molar-refractivity contribution >= 4 is 28.3 Å². The highest BCUT2D eigenvalue weighted by molar-refractivity contribution is 7.15. The summed E-state index contributed by atoms with van der Waals surface area (Å²) in [4.78, 5) is 31.1. The third-order valence-corrected chi connectivity index (χ3v) is 4.64. The Bertz CT molecular complexity index is 757. The van der Waals surface area contributed by atoms with Gasteiger partial charge < -0.3 is 15.0 Å². The van der Waals surface area contributed by atoms with Crippen molar-refractivity contribution in [2.45, 2.75) is 19.9 Å². The van der Waals surface area contributed by atoms with E-state index in [1.165, 1.54) is 18.3 Å². The maximum atomic E-state index is 12.7. The van der Waals surface area contributed by atoms with Crippen LogP contribution in [-0.4, -0.2) is 35.4 Å². The van der Waals surface area contributed by atoms with Crippen LogP contribution in [0.3, 0.4) is 0 Å². The van der Waals surface area contributed by atoms with Gasteiger partial charge in [-0.3, -0.25) is 9.59 Å². The van der Waals surface area contributed by atoms with Crippen LogP contribution in [0, 0.1) is 0 Å². The Balaban J connectivity index is 1.80. The number of hydrogen-bond acceptors (Lipinski definition) is 5. The van der Waals surface area contributed by atoms with Crippen LogP contribution in [0.2, 0.25) is 0 Å². The van der Waals surface area contributed by atoms with Gasteiger partial charge in [-0.15, -0.1) is 0 Å². The van der Waals surface area contributed by atoms with E-state index in [0.717, 1.165) is 10.6 Å². The number of nitrogens with one attached hydrogen (secondary N) is 1. The minimum absolute atomic E-state index is 0.0532. The Morgan fingerprint density at radius 2 is 2.13 bits per heavy atom. The van der Waals surface area contributed by atoms with E-state index in [2.05, 4.69) is 10.3 Å². The van der Waals surface area contributed by atoms with E-state index in [-0.39, 0.29) is 11.8 Å². The van der Waals surface area contributed by atoms with Gasteiger partial charge in [0.1, 0.15) is 5.75 Å². The Hall–Kier alpha value is -2.41. The normalized spacial score (nSPS) is 13.4. The second-order valence-electron chi connectivity index (χ2n) is 5.25. The van der Waals surface area contributed by atoms with Gasteiger partial charge in [0.2, 0.25) is 5.91 Å². The molecule has 2 heterocycles. The number of benzene rings is 1. The quantitative estimate of drug-likeness (QED) is 0.937. The SMILES string of the molecule is COc1ccccc1C(=O)N1CCc2nc(NC(C)=O)sc2C1. The van der Waals surface area contributed by atoms with Crippen LogP contribution in [0.4, 0.5) is 5.13 Å². The summed E-state index contributed by atoms with van der Waals surface area (Å²) in [6, 6.07) is 7.22. The van der Waals surface area contributed by atoms with Gasteiger partial charge >= 0.3 is 0 Å². The summed E-state index contributed by atoms with van der Waals surface area (Å²) < 4.78 is 5.27. The number of rotatable bonds is 3. The second-order valence-corrected chi connectivity index (χ2v) is 6.33. The first-order chi connectivity index (χ1) is 11.1. The molecule has 0 aliphatic carbocycles. The van der Waals surface area contributed by atoms with Gasteiger partial charge in [0.15, 0.2) is 5.13 Å². The van der Waals surface area contributed by atoms with Crippen LogP contribution in [0.25, 0.3) is 0 Å². The molecule has 1 aliphatic rings. The van der Waals surface area contributed by atoms with Crippen LogP contribution in [0.15, 0.2) is 24.3 Å². The van der Waals surface area contributed by atoms with Crippen LogP contribution in [-0.2, 0) is 17.8 Å². The van der Waals surface area contributed by atoms with Crippen LogP contribution >= 0.6 is 11.3 Å². The van der Waals surface area contributed by atoms with E-state index in [0.29, 0.717) is 36.0 Å². The molecule has 2 amide bonds. The summed E-state index contributed by atoms with van der Waals surface area (Å²) in [5.41, 5.74) is 1.52. The molecule has 0 atom stereocenters. The molecule has 7 heteroatoms. The molecule has 1 N–H and O–H groups in total. The van der Waals surface area contributed by atoms with Gasteiger partial charge in [-0.2, -0.15) is 0 Å². The lowest BCUT2D eigenvalue weighted by Crippen LogP contribution is -2.35. The van der Waals surface area contributed by atoms with Crippen LogP contribution in [0.5, 0.6) is 5.75 Å². The van der Waals surface area contributed by atoms with E-state index in [1.807, 2.05) is 12.1 Å². The summed E-state index contributed by atoms with van der Waals surface area (Å²) in [5.74, 6) is 0.382. The number of para-hydroxylation sites is 1. The zero-order chi connectivity index (χ0) is 16.4. The summed E-state index contributed by atoms with van der Waals surface area (Å²) in [6.45, 7) is 2.56. The van der Waals surface area contributed by atoms with Crippen LogP contribution in [0.1, 0.15) is 27.9 Å². The highest BCUT2D eigenvalue weighted by Crippen LogP contribution is 2.30. The molecular formula is C16H17N3O3S. The number of thiazole rings is 1. The lowest BCUT2D eigenvalue weighted by Gasteiger charge is -2.26. The van der Waals surface area contributed by atoms with Crippen molar-refractivity contribution in [1.82, 2.24) is 9.88 Å². The monoisotopic (exact) mass is 331 g/mol. The number of fused-ring (bicyclic) bond motifs is 1. The molecule has 1 aromatic carbocycles. The summed E-state index contributed by atoms with van der Waals surface area (Å²) in [7, 11) is 1.56. The number of hydrogen-bond donors (Lipinski definition) is 1. The number of methoxy groups -OCH3 is 1. The van der Waals surface area contributed by atoms with Crippen molar-refractivity contribution in [3.05, 3.63) is 40.4 Å². The Morgan fingerprint density at radius 3 is 2.87 bits per heavy atom. The van der Waals surface area contributed by atoms with Crippen molar-refractivity contribution in [2.75, 3.05) is 19.0 Å². The fourth-order valence-electron chi connectivity index (χ4n) is 2.56. The average molecular weight is 331 g/mol. The predicted molar refractivity (Wildman–Crippen MR) is 87.9 cm³/mol. The number of aromatic nitrogens is 1. The minimum Gasteiger partial charge on any atom is -0.496 e. The predicted octanol–water partition coefficient (Wildman–Crippen LogP) is 2.31. The smallest absolute Gasteiger partial charge is 0.257 e. The maximum Gasteiger partial charge on any atom is 0.257 e. The molecule has 120 valence electrons. The first-order valence-electron chi connectivity index (χ1n) is 7.27. The van der Waals surface area contributed by atoms with E-state index in [9.17, 15) is 9.59 Å². The lowest BCUT2D eigenvalue weighted by atomic mass is 10.1. The molecule has 23 heavy (non-hydrogen) atoms. The molecule has 3 rings (SSSR count). The molecule has 0 spiro atoms. The van der Waals surface area contributed by atoms with E-state index >= 15 is 0 Å². The molecule has 1 aromatic heterocycles. The standard InChI is InChI=1S/C16H17N3O3S/c1-10(20)17-16-18-12-7-8-19(9-14(12)23-16)15(21)11-5-3-4-6-13(11)22-2/h3-6H,7-9H2,1-2H3,(H,17,18,20). The van der Waals surface area contributed by atoms with E-state index < -0.39 is 0 Å². The van der Waals surface area contributed by atoms with Crippen molar-refractivity contribution in [3.8, 4) is 5.75 Å². The Morgan fingerprint density at radius 1 is 1.35 bits per heavy atom. The molecule has 2 aromatic rings. The largest absolute Gasteiger partial charge is 0.496 e. The highest BCUT2D eigenvalue weighted by Gasteiger charge is 2.26.